The zero-order valence-corrected chi connectivity index (χ0v) is 16.5. The van der Waals surface area contributed by atoms with Gasteiger partial charge in [-0.15, -0.1) is 0 Å². The molecule has 1 aromatic carbocycles. The van der Waals surface area contributed by atoms with E-state index in [1.807, 2.05) is 18.2 Å². The maximum absolute atomic E-state index is 12.4. The number of pyridine rings is 1. The summed E-state index contributed by atoms with van der Waals surface area (Å²) in [4.78, 5) is 18.8. The van der Waals surface area contributed by atoms with Crippen LogP contribution in [0.15, 0.2) is 42.6 Å². The van der Waals surface area contributed by atoms with Gasteiger partial charge in [-0.2, -0.15) is 0 Å². The molecule has 0 spiro atoms. The van der Waals surface area contributed by atoms with Crippen LogP contribution in [0.5, 0.6) is 0 Å². The van der Waals surface area contributed by atoms with Crippen LogP contribution in [0, 0.1) is 0 Å². The summed E-state index contributed by atoms with van der Waals surface area (Å²) >= 11 is 0. The fraction of sp³-hybridized carbons (Fsp3) is 0.429. The highest BCUT2D eigenvalue weighted by Crippen LogP contribution is 2.23. The largest absolute Gasteiger partial charge is 0.370 e. The van der Waals surface area contributed by atoms with Gasteiger partial charge in [0.15, 0.2) is 0 Å². The fourth-order valence-corrected chi connectivity index (χ4v) is 2.50. The van der Waals surface area contributed by atoms with Gasteiger partial charge in [-0.1, -0.05) is 32.9 Å². The second-order valence-corrected chi connectivity index (χ2v) is 7.80. The van der Waals surface area contributed by atoms with Crippen LogP contribution in [0.4, 0.5) is 11.5 Å². The number of aromatic nitrogens is 1. The summed E-state index contributed by atoms with van der Waals surface area (Å²) in [5.41, 5.74) is 2.67. The van der Waals surface area contributed by atoms with E-state index >= 15 is 0 Å². The SMILES string of the molecule is CN(C)CCCNc1ccc(C(=O)Nc2ccc(C(C)(C)C)cc2)cn1. The summed E-state index contributed by atoms with van der Waals surface area (Å²) in [6.07, 6.45) is 2.65. The van der Waals surface area contributed by atoms with Crippen molar-refractivity contribution in [3.05, 3.63) is 53.7 Å². The average Bonchev–Trinajstić information content (AvgIpc) is 2.59. The number of nitrogens with one attached hydrogen (secondary N) is 2. The van der Waals surface area contributed by atoms with Crippen LogP contribution in [0.2, 0.25) is 0 Å². The van der Waals surface area contributed by atoms with Gasteiger partial charge < -0.3 is 15.5 Å². The quantitative estimate of drug-likeness (QED) is 0.738. The van der Waals surface area contributed by atoms with Crippen molar-refractivity contribution in [1.29, 1.82) is 0 Å². The first kappa shape index (κ1) is 19.9. The van der Waals surface area contributed by atoms with E-state index in [4.69, 9.17) is 0 Å². The molecule has 0 aliphatic carbocycles. The van der Waals surface area contributed by atoms with Crippen molar-refractivity contribution in [2.75, 3.05) is 37.8 Å². The van der Waals surface area contributed by atoms with Crippen molar-refractivity contribution in [2.24, 2.45) is 0 Å². The summed E-state index contributed by atoms with van der Waals surface area (Å²) in [6, 6.07) is 11.6. The number of anilines is 2. The zero-order valence-electron chi connectivity index (χ0n) is 16.5. The molecule has 2 rings (SSSR count). The van der Waals surface area contributed by atoms with E-state index in [1.54, 1.807) is 12.3 Å². The maximum atomic E-state index is 12.4. The van der Waals surface area contributed by atoms with E-state index in [2.05, 4.69) is 67.5 Å². The lowest BCUT2D eigenvalue weighted by atomic mass is 9.87. The predicted molar refractivity (Wildman–Crippen MR) is 109 cm³/mol. The van der Waals surface area contributed by atoms with Crippen molar-refractivity contribution in [1.82, 2.24) is 9.88 Å². The molecule has 2 aromatic rings. The molecule has 0 unspecified atom stereocenters. The molecule has 140 valence electrons. The van der Waals surface area contributed by atoms with Gasteiger partial charge in [0.25, 0.3) is 5.91 Å². The topological polar surface area (TPSA) is 57.3 Å². The van der Waals surface area contributed by atoms with Crippen LogP contribution in [0.1, 0.15) is 43.1 Å². The van der Waals surface area contributed by atoms with Gasteiger partial charge in [-0.3, -0.25) is 4.79 Å². The minimum atomic E-state index is -0.153. The number of carbonyl (C=O) groups is 1. The van der Waals surface area contributed by atoms with Crippen LogP contribution in [-0.4, -0.2) is 43.0 Å². The van der Waals surface area contributed by atoms with E-state index in [0.717, 1.165) is 31.0 Å². The van der Waals surface area contributed by atoms with Crippen molar-refractivity contribution in [2.45, 2.75) is 32.6 Å². The van der Waals surface area contributed by atoms with E-state index in [9.17, 15) is 4.79 Å². The molecular formula is C21H30N4O. The van der Waals surface area contributed by atoms with E-state index in [-0.39, 0.29) is 11.3 Å². The summed E-state index contributed by atoms with van der Waals surface area (Å²) in [7, 11) is 4.12. The van der Waals surface area contributed by atoms with Crippen LogP contribution in [0.3, 0.4) is 0 Å². The van der Waals surface area contributed by atoms with Gasteiger partial charge in [-0.25, -0.2) is 4.98 Å². The van der Waals surface area contributed by atoms with Crippen LogP contribution in [0.25, 0.3) is 0 Å². The molecule has 0 atom stereocenters. The fourth-order valence-electron chi connectivity index (χ4n) is 2.50. The van der Waals surface area contributed by atoms with Crippen LogP contribution < -0.4 is 10.6 Å². The highest BCUT2D eigenvalue weighted by Gasteiger charge is 2.13. The maximum Gasteiger partial charge on any atom is 0.257 e. The summed E-state index contributed by atoms with van der Waals surface area (Å²) in [5, 5.41) is 6.18. The second kappa shape index (κ2) is 8.81. The van der Waals surface area contributed by atoms with Gasteiger partial charge in [0, 0.05) is 18.4 Å². The summed E-state index contributed by atoms with van der Waals surface area (Å²) in [5.74, 6) is 0.634. The average molecular weight is 354 g/mol. The molecular weight excluding hydrogens is 324 g/mol. The molecule has 0 saturated heterocycles. The Hall–Kier alpha value is -2.40. The normalized spacial score (nSPS) is 11.5. The monoisotopic (exact) mass is 354 g/mol. The van der Waals surface area contributed by atoms with Crippen molar-refractivity contribution in [3.8, 4) is 0 Å². The predicted octanol–water partition coefficient (Wildman–Crippen LogP) is 4.00. The molecule has 0 bridgehead atoms. The van der Waals surface area contributed by atoms with Crippen molar-refractivity contribution >= 4 is 17.4 Å². The molecule has 2 N–H and O–H groups in total. The molecule has 0 saturated carbocycles. The molecule has 0 fully saturated rings. The van der Waals surface area contributed by atoms with Crippen molar-refractivity contribution < 1.29 is 4.79 Å². The highest BCUT2D eigenvalue weighted by molar-refractivity contribution is 6.04. The molecule has 0 aliphatic heterocycles. The molecule has 5 heteroatoms. The van der Waals surface area contributed by atoms with Crippen LogP contribution >= 0.6 is 0 Å². The molecule has 26 heavy (non-hydrogen) atoms. The van der Waals surface area contributed by atoms with Crippen LogP contribution in [-0.2, 0) is 5.41 Å². The van der Waals surface area contributed by atoms with Gasteiger partial charge in [0.1, 0.15) is 5.82 Å². The highest BCUT2D eigenvalue weighted by atomic mass is 16.1. The van der Waals surface area contributed by atoms with Gasteiger partial charge in [-0.05, 0) is 62.3 Å². The number of amides is 1. The Morgan fingerprint density at radius 2 is 1.77 bits per heavy atom. The van der Waals surface area contributed by atoms with E-state index < -0.39 is 0 Å². The first-order chi connectivity index (χ1) is 12.3. The van der Waals surface area contributed by atoms with Gasteiger partial charge in [0.05, 0.1) is 5.56 Å². The number of rotatable bonds is 7. The number of hydrogen-bond donors (Lipinski definition) is 2. The third kappa shape index (κ3) is 6.15. The third-order valence-electron chi connectivity index (χ3n) is 4.12. The van der Waals surface area contributed by atoms with Gasteiger partial charge >= 0.3 is 0 Å². The Kier molecular flexibility index (Phi) is 6.75. The number of carbonyl (C=O) groups excluding carboxylic acids is 1. The van der Waals surface area contributed by atoms with E-state index in [0.29, 0.717) is 5.56 Å². The lowest BCUT2D eigenvalue weighted by molar-refractivity contribution is 0.102. The molecule has 0 radical (unpaired) electrons. The number of benzene rings is 1. The third-order valence-corrected chi connectivity index (χ3v) is 4.12. The zero-order chi connectivity index (χ0) is 19.2. The Bertz CT molecular complexity index is 700. The minimum absolute atomic E-state index is 0.0990. The Morgan fingerprint density at radius 3 is 2.31 bits per heavy atom. The second-order valence-electron chi connectivity index (χ2n) is 7.80. The minimum Gasteiger partial charge on any atom is -0.370 e. The Morgan fingerprint density at radius 1 is 1.08 bits per heavy atom. The number of nitrogens with zero attached hydrogens (tertiary/aromatic N) is 2. The standard InChI is InChI=1S/C21H30N4O/c1-21(2,3)17-8-10-18(11-9-17)24-20(26)16-7-12-19(23-15-16)22-13-6-14-25(4)5/h7-12,15H,6,13-14H2,1-5H3,(H,22,23)(H,24,26). The lowest BCUT2D eigenvalue weighted by Gasteiger charge is -2.19. The van der Waals surface area contributed by atoms with E-state index in [1.165, 1.54) is 5.56 Å². The van der Waals surface area contributed by atoms with Crippen molar-refractivity contribution in [3.63, 3.8) is 0 Å². The van der Waals surface area contributed by atoms with Gasteiger partial charge in [0.2, 0.25) is 0 Å². The molecule has 0 aliphatic rings. The molecule has 1 amide bonds. The first-order valence-electron chi connectivity index (χ1n) is 9.02. The Labute approximate surface area is 156 Å². The molecule has 1 aromatic heterocycles. The molecule has 5 nitrogen and oxygen atoms in total. The first-order valence-corrected chi connectivity index (χ1v) is 9.02. The lowest BCUT2D eigenvalue weighted by Crippen LogP contribution is -2.17. The number of hydrogen-bond acceptors (Lipinski definition) is 4. The Balaban J connectivity index is 1.89. The molecule has 1 heterocycles. The smallest absolute Gasteiger partial charge is 0.257 e. The summed E-state index contributed by atoms with van der Waals surface area (Å²) < 4.78 is 0. The summed E-state index contributed by atoms with van der Waals surface area (Å²) in [6.45, 7) is 8.39.